The van der Waals surface area contributed by atoms with Crippen LogP contribution in [0.15, 0.2) is 14.7 Å². The van der Waals surface area contributed by atoms with Crippen LogP contribution in [0.25, 0.3) is 0 Å². The number of sulfonamides is 1. The molecule has 0 amide bonds. The molecule has 19 heavy (non-hydrogen) atoms. The monoisotopic (exact) mass is 369 g/mol. The van der Waals surface area contributed by atoms with E-state index in [0.717, 1.165) is 17.8 Å². The van der Waals surface area contributed by atoms with Gasteiger partial charge in [-0.05, 0) is 27.9 Å². The SMILES string of the molecule is CCC(C)CN(C)S(=O)(=O)c1cc(C(=O)O)sc1Br. The van der Waals surface area contributed by atoms with Crippen LogP contribution < -0.4 is 0 Å². The van der Waals surface area contributed by atoms with Gasteiger partial charge < -0.3 is 5.11 Å². The van der Waals surface area contributed by atoms with Gasteiger partial charge in [0.2, 0.25) is 10.0 Å². The Morgan fingerprint density at radius 3 is 2.58 bits per heavy atom. The summed E-state index contributed by atoms with van der Waals surface area (Å²) in [6.07, 6.45) is 0.880. The van der Waals surface area contributed by atoms with Crippen molar-refractivity contribution in [3.8, 4) is 0 Å². The number of halogens is 1. The molecule has 1 aromatic heterocycles. The Balaban J connectivity index is 3.09. The summed E-state index contributed by atoms with van der Waals surface area (Å²) in [6, 6.07) is 1.19. The first-order valence-electron chi connectivity index (χ1n) is 5.69. The predicted molar refractivity (Wildman–Crippen MR) is 78.2 cm³/mol. The van der Waals surface area contributed by atoms with Crippen molar-refractivity contribution in [2.75, 3.05) is 13.6 Å². The molecule has 1 rings (SSSR count). The highest BCUT2D eigenvalue weighted by Gasteiger charge is 2.27. The van der Waals surface area contributed by atoms with Crippen LogP contribution >= 0.6 is 27.3 Å². The van der Waals surface area contributed by atoms with E-state index in [1.165, 1.54) is 17.4 Å². The van der Waals surface area contributed by atoms with Crippen molar-refractivity contribution in [1.82, 2.24) is 4.31 Å². The smallest absolute Gasteiger partial charge is 0.345 e. The molecule has 0 fully saturated rings. The zero-order valence-electron chi connectivity index (χ0n) is 10.9. The summed E-state index contributed by atoms with van der Waals surface area (Å²) in [5.74, 6) is -0.882. The quantitative estimate of drug-likeness (QED) is 0.836. The number of carboxylic acids is 1. The topological polar surface area (TPSA) is 74.7 Å². The van der Waals surface area contributed by atoms with Crippen LogP contribution in [0.3, 0.4) is 0 Å². The molecule has 1 aromatic rings. The number of hydrogen-bond donors (Lipinski definition) is 1. The lowest BCUT2D eigenvalue weighted by atomic mass is 10.1. The Morgan fingerprint density at radius 1 is 1.58 bits per heavy atom. The molecule has 0 aliphatic heterocycles. The van der Waals surface area contributed by atoms with Crippen molar-refractivity contribution in [2.45, 2.75) is 25.2 Å². The molecule has 0 saturated carbocycles. The average molecular weight is 370 g/mol. The van der Waals surface area contributed by atoms with Gasteiger partial charge in [-0.3, -0.25) is 0 Å². The van der Waals surface area contributed by atoms with Gasteiger partial charge >= 0.3 is 5.97 Å². The summed E-state index contributed by atoms with van der Waals surface area (Å²) in [5, 5.41) is 8.89. The van der Waals surface area contributed by atoms with Gasteiger partial charge in [0.15, 0.2) is 0 Å². The summed E-state index contributed by atoms with van der Waals surface area (Å²) < 4.78 is 26.3. The zero-order chi connectivity index (χ0) is 14.8. The van der Waals surface area contributed by atoms with E-state index < -0.39 is 16.0 Å². The number of nitrogens with zero attached hydrogens (tertiary/aromatic N) is 1. The summed E-state index contributed by atoms with van der Waals surface area (Å²) in [7, 11) is -2.15. The first kappa shape index (κ1) is 16.6. The Labute approximate surface area is 125 Å². The maximum atomic E-state index is 12.3. The predicted octanol–water partition coefficient (Wildman–Crippen LogP) is 2.88. The number of aromatic carboxylic acids is 1. The van der Waals surface area contributed by atoms with E-state index in [1.807, 2.05) is 13.8 Å². The van der Waals surface area contributed by atoms with Crippen molar-refractivity contribution in [2.24, 2.45) is 5.92 Å². The van der Waals surface area contributed by atoms with Gasteiger partial charge in [-0.1, -0.05) is 20.3 Å². The molecule has 1 atom stereocenters. The molecule has 5 nitrogen and oxygen atoms in total. The maximum Gasteiger partial charge on any atom is 0.345 e. The van der Waals surface area contributed by atoms with Crippen molar-refractivity contribution < 1.29 is 18.3 Å². The van der Waals surface area contributed by atoms with Crippen LogP contribution in [0.5, 0.6) is 0 Å². The Kier molecular flexibility index (Phi) is 5.54. The fourth-order valence-electron chi connectivity index (χ4n) is 1.47. The molecular formula is C11H16BrNO4S2. The van der Waals surface area contributed by atoms with Gasteiger partial charge in [0.1, 0.15) is 9.77 Å². The lowest BCUT2D eigenvalue weighted by Gasteiger charge is -2.20. The van der Waals surface area contributed by atoms with Gasteiger partial charge in [0.25, 0.3) is 0 Å². The first-order valence-corrected chi connectivity index (χ1v) is 8.74. The fourth-order valence-corrected chi connectivity index (χ4v) is 5.11. The molecule has 1 heterocycles. The molecule has 0 aliphatic carbocycles. The van der Waals surface area contributed by atoms with Crippen molar-refractivity contribution in [3.05, 3.63) is 14.7 Å². The summed E-state index contributed by atoms with van der Waals surface area (Å²) >= 11 is 4.02. The largest absolute Gasteiger partial charge is 0.477 e. The summed E-state index contributed by atoms with van der Waals surface area (Å²) in [4.78, 5) is 10.9. The highest BCUT2D eigenvalue weighted by Crippen LogP contribution is 2.33. The second-order valence-electron chi connectivity index (χ2n) is 4.35. The second kappa shape index (κ2) is 6.34. The molecule has 0 radical (unpaired) electrons. The lowest BCUT2D eigenvalue weighted by Crippen LogP contribution is -2.31. The Morgan fingerprint density at radius 2 is 2.16 bits per heavy atom. The number of hydrogen-bond acceptors (Lipinski definition) is 4. The zero-order valence-corrected chi connectivity index (χ0v) is 14.1. The summed E-state index contributed by atoms with van der Waals surface area (Å²) in [6.45, 7) is 4.37. The standard InChI is InChI=1S/C11H16BrNO4S2/c1-4-7(2)6-13(3)19(16,17)9-5-8(11(14)15)18-10(9)12/h5,7H,4,6H2,1-3H3,(H,14,15). The molecule has 108 valence electrons. The molecule has 8 heteroatoms. The number of carbonyl (C=O) groups is 1. The van der Waals surface area contributed by atoms with Gasteiger partial charge in [0, 0.05) is 13.6 Å². The molecule has 1 unspecified atom stereocenters. The van der Waals surface area contributed by atoms with E-state index in [-0.39, 0.29) is 15.7 Å². The van der Waals surface area contributed by atoms with Crippen molar-refractivity contribution >= 4 is 43.3 Å². The minimum absolute atomic E-state index is 0.00221. The average Bonchev–Trinajstić information content (AvgIpc) is 2.71. The van der Waals surface area contributed by atoms with E-state index in [1.54, 1.807) is 0 Å². The van der Waals surface area contributed by atoms with Crippen LogP contribution in [0.2, 0.25) is 0 Å². The van der Waals surface area contributed by atoms with Gasteiger partial charge in [-0.15, -0.1) is 11.3 Å². The van der Waals surface area contributed by atoms with E-state index >= 15 is 0 Å². The van der Waals surface area contributed by atoms with Gasteiger partial charge in [0.05, 0.1) is 3.79 Å². The van der Waals surface area contributed by atoms with Crippen LogP contribution in [0.4, 0.5) is 0 Å². The summed E-state index contributed by atoms with van der Waals surface area (Å²) in [5.41, 5.74) is 0. The van der Waals surface area contributed by atoms with Crippen molar-refractivity contribution in [1.29, 1.82) is 0 Å². The van der Waals surface area contributed by atoms with E-state index in [9.17, 15) is 13.2 Å². The third-order valence-electron chi connectivity index (χ3n) is 2.82. The number of rotatable bonds is 6. The Bertz CT molecular complexity index is 567. The van der Waals surface area contributed by atoms with Crippen LogP contribution in [0, 0.1) is 5.92 Å². The molecular weight excluding hydrogens is 354 g/mol. The second-order valence-corrected chi connectivity index (χ2v) is 8.74. The van der Waals surface area contributed by atoms with E-state index in [4.69, 9.17) is 5.11 Å². The van der Waals surface area contributed by atoms with E-state index in [2.05, 4.69) is 15.9 Å². The molecule has 1 N–H and O–H groups in total. The van der Waals surface area contributed by atoms with Crippen LogP contribution in [0.1, 0.15) is 29.9 Å². The number of carboxylic acid groups (broad SMARTS) is 1. The number of thiophene rings is 1. The fraction of sp³-hybridized carbons (Fsp3) is 0.545. The van der Waals surface area contributed by atoms with Crippen LogP contribution in [-0.4, -0.2) is 37.4 Å². The Hall–Kier alpha value is -0.440. The van der Waals surface area contributed by atoms with Crippen LogP contribution in [-0.2, 0) is 10.0 Å². The maximum absolute atomic E-state index is 12.3. The molecule has 0 saturated heterocycles. The molecule has 0 aliphatic rings. The van der Waals surface area contributed by atoms with Gasteiger partial charge in [-0.25, -0.2) is 17.5 Å². The highest BCUT2D eigenvalue weighted by atomic mass is 79.9. The molecule has 0 aromatic carbocycles. The van der Waals surface area contributed by atoms with E-state index in [0.29, 0.717) is 10.3 Å². The minimum Gasteiger partial charge on any atom is -0.477 e. The highest BCUT2D eigenvalue weighted by molar-refractivity contribution is 9.11. The third kappa shape index (κ3) is 3.77. The first-order chi connectivity index (χ1) is 8.70. The molecule has 0 spiro atoms. The van der Waals surface area contributed by atoms with Crippen molar-refractivity contribution in [3.63, 3.8) is 0 Å². The lowest BCUT2D eigenvalue weighted by molar-refractivity contribution is 0.0702. The normalized spacial score (nSPS) is 13.7. The minimum atomic E-state index is -3.65. The molecule has 0 bridgehead atoms. The van der Waals surface area contributed by atoms with Gasteiger partial charge in [-0.2, -0.15) is 0 Å². The third-order valence-corrected chi connectivity index (χ3v) is 6.88.